The Morgan fingerprint density at radius 1 is 1.17 bits per heavy atom. The van der Waals surface area contributed by atoms with E-state index in [4.69, 9.17) is 15.2 Å². The highest BCUT2D eigenvalue weighted by Crippen LogP contribution is 2.45. The van der Waals surface area contributed by atoms with Crippen molar-refractivity contribution >= 4 is 5.91 Å². The Balaban J connectivity index is 0.00000167. The van der Waals surface area contributed by atoms with Crippen LogP contribution in [-0.4, -0.2) is 30.5 Å². The van der Waals surface area contributed by atoms with Crippen LogP contribution in [0, 0.1) is 0 Å². The average Bonchev–Trinajstić information content (AvgIpc) is 3.23. The second-order valence-electron chi connectivity index (χ2n) is 8.72. The smallest absolute Gasteiger partial charge is 0.226 e. The first-order chi connectivity index (χ1) is 17.1. The molecule has 1 fully saturated rings. The normalized spacial score (nSPS) is 16.3. The molecule has 1 saturated heterocycles. The maximum absolute atomic E-state index is 13.1. The molecule has 2 aliphatic rings. The Labute approximate surface area is 209 Å². The lowest BCUT2D eigenvalue weighted by atomic mass is 9.74. The number of benzene rings is 2. The molecule has 186 valence electrons. The van der Waals surface area contributed by atoms with Crippen molar-refractivity contribution < 1.29 is 14.3 Å². The second kappa shape index (κ2) is 12.4. The number of nitrogens with two attached hydrogens (primary N) is 1. The summed E-state index contributed by atoms with van der Waals surface area (Å²) in [5, 5.41) is 0. The van der Waals surface area contributed by atoms with Gasteiger partial charge in [-0.1, -0.05) is 56.8 Å². The molecular formula is C30H38N2O3. The lowest BCUT2D eigenvalue weighted by Gasteiger charge is -2.38. The lowest BCUT2D eigenvalue weighted by molar-refractivity contribution is -0.132. The molecule has 0 radical (unpaired) electrons. The van der Waals surface area contributed by atoms with Crippen molar-refractivity contribution in [1.82, 2.24) is 4.90 Å². The molecule has 5 heteroatoms. The van der Waals surface area contributed by atoms with E-state index >= 15 is 0 Å². The van der Waals surface area contributed by atoms with Gasteiger partial charge in [-0.15, -0.1) is 0 Å². The van der Waals surface area contributed by atoms with Crippen LogP contribution in [0.25, 0.3) is 0 Å². The minimum absolute atomic E-state index is 0.00820. The molecule has 5 nitrogen and oxygen atoms in total. The SMILES string of the molecule is C=C/C=C(\C=C/C)Oc1cccc(CC(=O)N2CCC3(CC2)COc2ccc(CN)cc23)c1.CC. The third kappa shape index (κ3) is 6.23. The maximum Gasteiger partial charge on any atom is 0.226 e. The van der Waals surface area contributed by atoms with E-state index in [2.05, 4.69) is 12.6 Å². The second-order valence-corrected chi connectivity index (χ2v) is 8.72. The summed E-state index contributed by atoms with van der Waals surface area (Å²) < 4.78 is 11.9. The van der Waals surface area contributed by atoms with Crippen LogP contribution in [0.4, 0.5) is 0 Å². The number of allylic oxidation sites excluding steroid dienone is 4. The molecule has 1 amide bonds. The number of likely N-dealkylation sites (tertiary alicyclic amines) is 1. The van der Waals surface area contributed by atoms with Crippen molar-refractivity contribution in [2.75, 3.05) is 19.7 Å². The number of fused-ring (bicyclic) bond motifs is 2. The van der Waals surface area contributed by atoms with Gasteiger partial charge in [-0.25, -0.2) is 0 Å². The summed E-state index contributed by atoms with van der Waals surface area (Å²) in [5.41, 5.74) is 9.17. The highest BCUT2D eigenvalue weighted by Gasteiger charge is 2.43. The third-order valence-electron chi connectivity index (χ3n) is 6.53. The summed E-state index contributed by atoms with van der Waals surface area (Å²) >= 11 is 0. The molecule has 0 atom stereocenters. The van der Waals surface area contributed by atoms with Gasteiger partial charge in [0.15, 0.2) is 0 Å². The zero-order valence-corrected chi connectivity index (χ0v) is 21.3. The Morgan fingerprint density at radius 2 is 1.94 bits per heavy atom. The number of rotatable bonds is 7. The molecule has 4 rings (SSSR count). The lowest BCUT2D eigenvalue weighted by Crippen LogP contribution is -2.46. The Hall–Kier alpha value is -3.31. The molecule has 2 aromatic carbocycles. The van der Waals surface area contributed by atoms with Crippen molar-refractivity contribution in [3.63, 3.8) is 0 Å². The number of amides is 1. The standard InChI is InChI=1S/C28H32N2O3.C2H6/c1-3-6-23(7-4-2)33-24-9-5-8-21(16-24)18-27(31)30-14-12-28(13-15-30)20-32-26-11-10-22(19-29)17-25(26)28;1-2/h3-11,16-17H,1,12-15,18-20,29H2,2H3;1-2H3/b7-4-,23-6+;. The quantitative estimate of drug-likeness (QED) is 0.413. The summed E-state index contributed by atoms with van der Waals surface area (Å²) in [6.45, 7) is 12.3. The zero-order chi connectivity index (χ0) is 25.3. The van der Waals surface area contributed by atoms with Crippen LogP contribution in [0.2, 0.25) is 0 Å². The number of carbonyl (C=O) groups is 1. The molecule has 0 aliphatic carbocycles. The highest BCUT2D eigenvalue weighted by molar-refractivity contribution is 5.79. The Bertz CT molecular complexity index is 1080. The summed E-state index contributed by atoms with van der Waals surface area (Å²) in [5.74, 6) is 2.52. The van der Waals surface area contributed by atoms with Crippen molar-refractivity contribution in [1.29, 1.82) is 0 Å². The van der Waals surface area contributed by atoms with Crippen LogP contribution in [0.1, 0.15) is 50.3 Å². The molecular weight excluding hydrogens is 436 g/mol. The average molecular weight is 475 g/mol. The maximum atomic E-state index is 13.1. The molecule has 0 aromatic heterocycles. The molecule has 35 heavy (non-hydrogen) atoms. The first-order valence-corrected chi connectivity index (χ1v) is 12.5. The van der Waals surface area contributed by atoms with Crippen LogP contribution in [0.15, 0.2) is 79.1 Å². The van der Waals surface area contributed by atoms with E-state index in [1.807, 2.05) is 80.3 Å². The minimum Gasteiger partial charge on any atom is -0.492 e. The number of carbonyl (C=O) groups excluding carboxylic acids is 1. The van der Waals surface area contributed by atoms with E-state index in [0.29, 0.717) is 31.1 Å². The molecule has 0 bridgehead atoms. The van der Waals surface area contributed by atoms with Crippen molar-refractivity contribution in [2.24, 2.45) is 5.73 Å². The highest BCUT2D eigenvalue weighted by atomic mass is 16.5. The Kier molecular flexibility index (Phi) is 9.32. The topological polar surface area (TPSA) is 64.8 Å². The van der Waals surface area contributed by atoms with Gasteiger partial charge in [0.1, 0.15) is 17.3 Å². The van der Waals surface area contributed by atoms with Crippen molar-refractivity contribution in [3.8, 4) is 11.5 Å². The first kappa shape index (κ1) is 26.3. The van der Waals surface area contributed by atoms with Crippen molar-refractivity contribution in [3.05, 3.63) is 95.8 Å². The molecule has 2 aromatic rings. The molecule has 2 aliphatic heterocycles. The van der Waals surface area contributed by atoms with Gasteiger partial charge in [0, 0.05) is 30.6 Å². The van der Waals surface area contributed by atoms with E-state index in [1.54, 1.807) is 6.08 Å². The predicted molar refractivity (Wildman–Crippen MR) is 143 cm³/mol. The van der Waals surface area contributed by atoms with Crippen molar-refractivity contribution in [2.45, 2.75) is 52.0 Å². The van der Waals surface area contributed by atoms with E-state index < -0.39 is 0 Å². The fraction of sp³-hybridized carbons (Fsp3) is 0.367. The Morgan fingerprint density at radius 3 is 2.63 bits per heavy atom. The monoisotopic (exact) mass is 474 g/mol. The van der Waals surface area contributed by atoms with Gasteiger partial charge in [0.25, 0.3) is 0 Å². The van der Waals surface area contributed by atoms with Gasteiger partial charge >= 0.3 is 0 Å². The van der Waals surface area contributed by atoms with E-state index in [0.717, 1.165) is 42.8 Å². The van der Waals surface area contributed by atoms with Crippen LogP contribution in [-0.2, 0) is 23.2 Å². The largest absolute Gasteiger partial charge is 0.492 e. The predicted octanol–water partition coefficient (Wildman–Crippen LogP) is 5.69. The molecule has 1 spiro atoms. The number of piperidine rings is 1. The number of hydrogen-bond acceptors (Lipinski definition) is 4. The number of hydrogen-bond donors (Lipinski definition) is 1. The fourth-order valence-corrected chi connectivity index (χ4v) is 4.68. The van der Waals surface area contributed by atoms with E-state index in [-0.39, 0.29) is 11.3 Å². The number of ether oxygens (including phenoxy) is 2. The first-order valence-electron chi connectivity index (χ1n) is 12.5. The third-order valence-corrected chi connectivity index (χ3v) is 6.53. The van der Waals surface area contributed by atoms with Gasteiger partial charge in [0.05, 0.1) is 13.0 Å². The van der Waals surface area contributed by atoms with Gasteiger partial charge in [-0.2, -0.15) is 0 Å². The molecule has 0 unspecified atom stereocenters. The van der Waals surface area contributed by atoms with Gasteiger partial charge in [-0.3, -0.25) is 4.79 Å². The summed E-state index contributed by atoms with van der Waals surface area (Å²) in [6.07, 6.45) is 9.46. The minimum atomic E-state index is -0.00820. The molecule has 2 N–H and O–H groups in total. The molecule has 0 saturated carbocycles. The molecule has 2 heterocycles. The summed E-state index contributed by atoms with van der Waals surface area (Å²) in [4.78, 5) is 15.0. The van der Waals surface area contributed by atoms with Crippen LogP contribution >= 0.6 is 0 Å². The summed E-state index contributed by atoms with van der Waals surface area (Å²) in [6, 6.07) is 14.0. The van der Waals surface area contributed by atoms with E-state index in [9.17, 15) is 4.79 Å². The van der Waals surface area contributed by atoms with Crippen LogP contribution in [0.3, 0.4) is 0 Å². The zero-order valence-electron chi connectivity index (χ0n) is 21.3. The summed E-state index contributed by atoms with van der Waals surface area (Å²) in [7, 11) is 0. The van der Waals surface area contributed by atoms with Gasteiger partial charge in [0.2, 0.25) is 5.91 Å². The van der Waals surface area contributed by atoms with Crippen LogP contribution < -0.4 is 15.2 Å². The van der Waals surface area contributed by atoms with Gasteiger partial charge < -0.3 is 20.1 Å². The van der Waals surface area contributed by atoms with E-state index in [1.165, 1.54) is 5.56 Å². The van der Waals surface area contributed by atoms with Gasteiger partial charge in [-0.05, 0) is 61.2 Å². The number of nitrogens with zero attached hydrogens (tertiary/aromatic N) is 1. The fourth-order valence-electron chi connectivity index (χ4n) is 4.68. The van der Waals surface area contributed by atoms with Crippen LogP contribution in [0.5, 0.6) is 11.5 Å².